The summed E-state index contributed by atoms with van der Waals surface area (Å²) >= 11 is 7.10. The fourth-order valence-corrected chi connectivity index (χ4v) is 2.88. The Morgan fingerprint density at radius 2 is 2.00 bits per heavy atom. The van der Waals surface area contributed by atoms with E-state index in [0.29, 0.717) is 10.7 Å². The van der Waals surface area contributed by atoms with Crippen LogP contribution in [-0.2, 0) is 0 Å². The Kier molecular flexibility index (Phi) is 5.53. The van der Waals surface area contributed by atoms with Crippen LogP contribution >= 0.6 is 22.9 Å². The zero-order chi connectivity index (χ0) is 19.4. The third-order valence-electron chi connectivity index (χ3n) is 3.42. The number of halogens is 1. The van der Waals surface area contributed by atoms with Crippen LogP contribution in [-0.4, -0.2) is 22.9 Å². The van der Waals surface area contributed by atoms with Crippen molar-refractivity contribution in [1.29, 1.82) is 0 Å². The SMILES string of the molecule is COc1cc(C(=O)Nc2nccs2)ccc1Oc1ccc(Cl)cc1[N+](=O)[O-]. The first-order valence-corrected chi connectivity index (χ1v) is 8.74. The number of hydrogen-bond acceptors (Lipinski definition) is 7. The highest BCUT2D eigenvalue weighted by atomic mass is 35.5. The number of rotatable bonds is 6. The lowest BCUT2D eigenvalue weighted by Gasteiger charge is -2.12. The molecule has 0 unspecified atom stereocenters. The third-order valence-corrected chi connectivity index (χ3v) is 4.34. The minimum Gasteiger partial charge on any atom is -0.493 e. The molecule has 0 aliphatic heterocycles. The number of aromatic nitrogens is 1. The quantitative estimate of drug-likeness (QED) is 0.468. The van der Waals surface area contributed by atoms with Crippen LogP contribution in [0.3, 0.4) is 0 Å². The molecule has 0 aliphatic carbocycles. The molecule has 0 radical (unpaired) electrons. The van der Waals surface area contributed by atoms with E-state index in [9.17, 15) is 14.9 Å². The van der Waals surface area contributed by atoms with Crippen molar-refractivity contribution in [2.75, 3.05) is 12.4 Å². The fourth-order valence-electron chi connectivity index (χ4n) is 2.19. The first-order valence-electron chi connectivity index (χ1n) is 7.48. The van der Waals surface area contributed by atoms with E-state index in [1.54, 1.807) is 11.6 Å². The summed E-state index contributed by atoms with van der Waals surface area (Å²) in [5, 5.41) is 16.3. The first kappa shape index (κ1) is 18.6. The summed E-state index contributed by atoms with van der Waals surface area (Å²) in [5.74, 6) is 0.0923. The van der Waals surface area contributed by atoms with Crippen LogP contribution in [0.2, 0.25) is 5.02 Å². The molecule has 0 bridgehead atoms. The van der Waals surface area contributed by atoms with Gasteiger partial charge in [0.05, 0.1) is 12.0 Å². The van der Waals surface area contributed by atoms with E-state index in [2.05, 4.69) is 10.3 Å². The van der Waals surface area contributed by atoms with Crippen molar-refractivity contribution in [2.45, 2.75) is 0 Å². The molecule has 0 aliphatic rings. The molecule has 3 rings (SSSR count). The molecule has 1 N–H and O–H groups in total. The molecule has 1 amide bonds. The number of ether oxygens (including phenoxy) is 2. The summed E-state index contributed by atoms with van der Waals surface area (Å²) in [7, 11) is 1.40. The number of hydrogen-bond donors (Lipinski definition) is 1. The van der Waals surface area contributed by atoms with Gasteiger partial charge in [-0.1, -0.05) is 11.6 Å². The van der Waals surface area contributed by atoms with E-state index in [0.717, 1.165) is 0 Å². The molecule has 0 fully saturated rings. The molecule has 27 heavy (non-hydrogen) atoms. The van der Waals surface area contributed by atoms with Crippen LogP contribution in [0.15, 0.2) is 48.0 Å². The highest BCUT2D eigenvalue weighted by molar-refractivity contribution is 7.13. The number of nitro benzene ring substituents is 1. The third kappa shape index (κ3) is 4.33. The van der Waals surface area contributed by atoms with Gasteiger partial charge in [0.2, 0.25) is 5.75 Å². The summed E-state index contributed by atoms with van der Waals surface area (Å²) < 4.78 is 10.9. The second-order valence-corrected chi connectivity index (χ2v) is 6.46. The molecule has 3 aromatic rings. The van der Waals surface area contributed by atoms with Crippen molar-refractivity contribution in [1.82, 2.24) is 4.98 Å². The molecule has 8 nitrogen and oxygen atoms in total. The summed E-state index contributed by atoms with van der Waals surface area (Å²) in [6.45, 7) is 0. The molecule has 1 heterocycles. The van der Waals surface area contributed by atoms with E-state index >= 15 is 0 Å². The number of nitro groups is 1. The van der Waals surface area contributed by atoms with Gasteiger partial charge in [0.1, 0.15) is 0 Å². The topological polar surface area (TPSA) is 104 Å². The van der Waals surface area contributed by atoms with Crippen molar-refractivity contribution in [3.63, 3.8) is 0 Å². The second kappa shape index (κ2) is 8.02. The minimum atomic E-state index is -0.594. The van der Waals surface area contributed by atoms with Crippen molar-refractivity contribution < 1.29 is 19.2 Å². The molecular weight excluding hydrogens is 394 g/mol. The molecule has 0 atom stereocenters. The van der Waals surface area contributed by atoms with E-state index in [1.165, 1.54) is 54.8 Å². The average molecular weight is 406 g/mol. The molecule has 0 saturated carbocycles. The maximum atomic E-state index is 12.3. The lowest BCUT2D eigenvalue weighted by molar-refractivity contribution is -0.385. The number of methoxy groups -OCH3 is 1. The van der Waals surface area contributed by atoms with E-state index in [-0.39, 0.29) is 33.9 Å². The van der Waals surface area contributed by atoms with Gasteiger partial charge in [-0.05, 0) is 30.3 Å². The Morgan fingerprint density at radius 1 is 1.22 bits per heavy atom. The minimum absolute atomic E-state index is 0.00249. The number of amides is 1. The highest BCUT2D eigenvalue weighted by Gasteiger charge is 2.19. The van der Waals surface area contributed by atoms with Gasteiger partial charge in [0.25, 0.3) is 5.91 Å². The number of nitrogens with one attached hydrogen (secondary N) is 1. The van der Waals surface area contributed by atoms with Crippen molar-refractivity contribution in [3.8, 4) is 17.2 Å². The molecule has 1 aromatic heterocycles. The zero-order valence-electron chi connectivity index (χ0n) is 13.8. The number of nitrogens with zero attached hydrogens (tertiary/aromatic N) is 2. The van der Waals surface area contributed by atoms with Crippen molar-refractivity contribution in [3.05, 3.63) is 68.7 Å². The molecule has 0 saturated heterocycles. The average Bonchev–Trinajstić information content (AvgIpc) is 3.16. The molecule has 10 heteroatoms. The Hall–Kier alpha value is -3.17. The van der Waals surface area contributed by atoms with Crippen LogP contribution in [0.1, 0.15) is 10.4 Å². The highest BCUT2D eigenvalue weighted by Crippen LogP contribution is 2.38. The number of anilines is 1. The Balaban J connectivity index is 1.87. The summed E-state index contributed by atoms with van der Waals surface area (Å²) in [6.07, 6.45) is 1.58. The molecule has 0 spiro atoms. The predicted molar refractivity (Wildman–Crippen MR) is 101 cm³/mol. The Morgan fingerprint density at radius 3 is 2.67 bits per heavy atom. The van der Waals surface area contributed by atoms with Crippen LogP contribution in [0, 0.1) is 10.1 Å². The van der Waals surface area contributed by atoms with Gasteiger partial charge in [-0.25, -0.2) is 4.98 Å². The lowest BCUT2D eigenvalue weighted by Crippen LogP contribution is -2.11. The second-order valence-electron chi connectivity index (χ2n) is 5.13. The summed E-state index contributed by atoms with van der Waals surface area (Å²) in [4.78, 5) is 26.9. The Bertz CT molecular complexity index is 994. The van der Waals surface area contributed by atoms with Gasteiger partial charge < -0.3 is 9.47 Å². The number of benzene rings is 2. The Labute approximate surface area is 162 Å². The fraction of sp³-hybridized carbons (Fsp3) is 0.0588. The summed E-state index contributed by atoms with van der Waals surface area (Å²) in [5.41, 5.74) is 0.0372. The largest absolute Gasteiger partial charge is 0.493 e. The van der Waals surface area contributed by atoms with Gasteiger partial charge in [-0.15, -0.1) is 11.3 Å². The van der Waals surface area contributed by atoms with Crippen LogP contribution in [0.25, 0.3) is 0 Å². The zero-order valence-corrected chi connectivity index (χ0v) is 15.4. The normalized spacial score (nSPS) is 10.3. The van der Waals surface area contributed by atoms with E-state index in [4.69, 9.17) is 21.1 Å². The van der Waals surface area contributed by atoms with Crippen molar-refractivity contribution in [2.24, 2.45) is 0 Å². The standard InChI is InChI=1S/C17H12ClN3O5S/c1-25-15-8-10(16(22)20-17-19-6-7-27-17)2-4-14(15)26-13-5-3-11(18)9-12(13)21(23)24/h2-9H,1H3,(H,19,20,22). The molecule has 138 valence electrons. The smallest absolute Gasteiger partial charge is 0.313 e. The van der Waals surface area contributed by atoms with Gasteiger partial charge in [0, 0.05) is 28.2 Å². The monoisotopic (exact) mass is 405 g/mol. The summed E-state index contributed by atoms with van der Waals surface area (Å²) in [6, 6.07) is 8.55. The molecule has 2 aromatic carbocycles. The van der Waals surface area contributed by atoms with Crippen LogP contribution < -0.4 is 14.8 Å². The first-order chi connectivity index (χ1) is 13.0. The van der Waals surface area contributed by atoms with Crippen molar-refractivity contribution >= 4 is 39.7 Å². The van der Waals surface area contributed by atoms with E-state index < -0.39 is 4.92 Å². The van der Waals surface area contributed by atoms with Gasteiger partial charge in [0.15, 0.2) is 16.6 Å². The van der Waals surface area contributed by atoms with Crippen LogP contribution in [0.4, 0.5) is 10.8 Å². The van der Waals surface area contributed by atoms with Crippen LogP contribution in [0.5, 0.6) is 17.2 Å². The number of carbonyl (C=O) groups is 1. The van der Waals surface area contributed by atoms with Gasteiger partial charge >= 0.3 is 5.69 Å². The predicted octanol–water partition coefficient (Wildman–Crippen LogP) is 4.76. The molecular formula is C17H12ClN3O5S. The number of carbonyl (C=O) groups excluding carboxylic acids is 1. The number of thiazole rings is 1. The maximum absolute atomic E-state index is 12.3. The van der Waals surface area contributed by atoms with E-state index in [1.807, 2.05) is 0 Å². The van der Waals surface area contributed by atoms with Gasteiger partial charge in [-0.3, -0.25) is 20.2 Å². The van der Waals surface area contributed by atoms with Gasteiger partial charge in [-0.2, -0.15) is 0 Å². The maximum Gasteiger partial charge on any atom is 0.313 e. The lowest BCUT2D eigenvalue weighted by atomic mass is 10.2.